The van der Waals surface area contributed by atoms with Crippen molar-refractivity contribution in [2.75, 3.05) is 0 Å². The zero-order valence-electron chi connectivity index (χ0n) is 13.8. The van der Waals surface area contributed by atoms with Crippen molar-refractivity contribution in [1.82, 2.24) is 0 Å². The SMILES string of the molecule is C[SiH](C)O[Si](C)(C)[O-].C[SiH](C)O[Si](C)(C)[O-].[K+].[K+]. The first-order chi connectivity index (χ1) is 6.83. The van der Waals surface area contributed by atoms with Crippen LogP contribution in [0.2, 0.25) is 52.4 Å². The van der Waals surface area contributed by atoms with E-state index in [-0.39, 0.29) is 103 Å². The summed E-state index contributed by atoms with van der Waals surface area (Å²) in [7, 11) is -6.91. The van der Waals surface area contributed by atoms with Crippen LogP contribution in [-0.2, 0) is 8.23 Å². The van der Waals surface area contributed by atoms with Gasteiger partial charge in [-0.15, -0.1) is 0 Å². The molecule has 100 valence electrons. The largest absolute Gasteiger partial charge is 1.00 e. The number of hydrogen-bond acceptors (Lipinski definition) is 4. The van der Waals surface area contributed by atoms with Gasteiger partial charge in [-0.3, -0.25) is 0 Å². The van der Waals surface area contributed by atoms with Crippen molar-refractivity contribution in [3.05, 3.63) is 0 Å². The van der Waals surface area contributed by atoms with Gasteiger partial charge in [-0.25, -0.2) is 0 Å². The van der Waals surface area contributed by atoms with Gasteiger partial charge in [-0.05, 0) is 26.2 Å². The summed E-state index contributed by atoms with van der Waals surface area (Å²) in [4.78, 5) is 21.7. The maximum Gasteiger partial charge on any atom is 1.00 e. The molecule has 0 aliphatic rings. The van der Waals surface area contributed by atoms with Gasteiger partial charge in [-0.1, -0.05) is 26.2 Å². The van der Waals surface area contributed by atoms with Gasteiger partial charge in [0.2, 0.25) is 0 Å². The van der Waals surface area contributed by atoms with E-state index in [0.29, 0.717) is 0 Å². The fourth-order valence-corrected chi connectivity index (χ4v) is 10.2. The predicted molar refractivity (Wildman–Crippen MR) is 74.9 cm³/mol. The minimum absolute atomic E-state index is 0. The standard InChI is InChI=1S/2C4H13O2Si2.2K/c2*1-7(2)6-8(3,4)5;;/h2*7H,1-4H3;;/q2*-1;2*+1. The van der Waals surface area contributed by atoms with Crippen LogP contribution in [0.4, 0.5) is 0 Å². The molecule has 0 unspecified atom stereocenters. The Morgan fingerprint density at radius 2 is 0.833 bits per heavy atom. The van der Waals surface area contributed by atoms with Gasteiger partial charge in [0.15, 0.2) is 18.1 Å². The van der Waals surface area contributed by atoms with Crippen molar-refractivity contribution in [1.29, 1.82) is 0 Å². The van der Waals surface area contributed by atoms with E-state index < -0.39 is 35.2 Å². The molecule has 0 saturated carbocycles. The molecule has 0 heterocycles. The Labute approximate surface area is 203 Å². The molecule has 0 fully saturated rings. The molecule has 0 aliphatic heterocycles. The van der Waals surface area contributed by atoms with Crippen LogP contribution in [-0.4, -0.2) is 35.2 Å². The van der Waals surface area contributed by atoms with E-state index in [2.05, 4.69) is 0 Å². The molecule has 0 amide bonds. The average Bonchev–Trinajstić information content (AvgIpc) is 1.72. The second-order valence-electron chi connectivity index (χ2n) is 5.13. The summed E-state index contributed by atoms with van der Waals surface area (Å²) in [6.07, 6.45) is 0. The summed E-state index contributed by atoms with van der Waals surface area (Å²) in [6, 6.07) is 0. The Kier molecular flexibility index (Phi) is 24.2. The van der Waals surface area contributed by atoms with Gasteiger partial charge in [-0.2, -0.15) is 0 Å². The maximum atomic E-state index is 10.9. The molecule has 4 nitrogen and oxygen atoms in total. The molecule has 18 heavy (non-hydrogen) atoms. The summed E-state index contributed by atoms with van der Waals surface area (Å²) >= 11 is 0. The Morgan fingerprint density at radius 3 is 0.833 bits per heavy atom. The fraction of sp³-hybridized carbons (Fsp3) is 1.00. The zero-order chi connectivity index (χ0) is 13.6. The van der Waals surface area contributed by atoms with Crippen LogP contribution >= 0.6 is 0 Å². The molecule has 0 saturated heterocycles. The minimum atomic E-state index is -2.41. The van der Waals surface area contributed by atoms with Crippen LogP contribution < -0.4 is 112 Å². The Balaban J connectivity index is -0.0000000980. The summed E-state index contributed by atoms with van der Waals surface area (Å²) in [5.41, 5.74) is 0. The van der Waals surface area contributed by atoms with E-state index in [4.69, 9.17) is 8.23 Å². The van der Waals surface area contributed by atoms with E-state index in [0.717, 1.165) is 0 Å². The van der Waals surface area contributed by atoms with Gasteiger partial charge in [0.05, 0.1) is 17.1 Å². The fourth-order valence-electron chi connectivity index (χ4n) is 1.14. The van der Waals surface area contributed by atoms with Crippen LogP contribution in [0.25, 0.3) is 0 Å². The molecule has 0 radical (unpaired) electrons. The third kappa shape index (κ3) is 36.8. The molecule has 0 atom stereocenters. The second kappa shape index (κ2) is 14.6. The van der Waals surface area contributed by atoms with Gasteiger partial charge in [0.25, 0.3) is 0 Å². The molecular formula is C8H26K2O4Si4. The van der Waals surface area contributed by atoms with Crippen LogP contribution in [0, 0.1) is 0 Å². The summed E-state index contributed by atoms with van der Waals surface area (Å²) in [5.74, 6) is 0. The van der Waals surface area contributed by atoms with Crippen molar-refractivity contribution in [2.45, 2.75) is 52.4 Å². The molecule has 10 heteroatoms. The molecule has 0 aromatic rings. The summed E-state index contributed by atoms with van der Waals surface area (Å²) < 4.78 is 10.3. The zero-order valence-corrected chi connectivity index (χ0v) is 24.3. The molecule has 0 aromatic heterocycles. The Hall–Kier alpha value is 3.98. The van der Waals surface area contributed by atoms with Crippen molar-refractivity contribution in [3.63, 3.8) is 0 Å². The van der Waals surface area contributed by atoms with Crippen LogP contribution in [0.3, 0.4) is 0 Å². The molecule has 0 spiro atoms. The smallest absolute Gasteiger partial charge is 0.839 e. The van der Waals surface area contributed by atoms with Gasteiger partial charge >= 0.3 is 103 Å². The summed E-state index contributed by atoms with van der Waals surface area (Å²) in [5, 5.41) is 0. The van der Waals surface area contributed by atoms with E-state index in [9.17, 15) is 9.59 Å². The van der Waals surface area contributed by atoms with Crippen molar-refractivity contribution < 1.29 is 121 Å². The summed E-state index contributed by atoms with van der Waals surface area (Å²) in [6.45, 7) is 14.8. The van der Waals surface area contributed by atoms with Crippen molar-refractivity contribution >= 4 is 35.2 Å². The van der Waals surface area contributed by atoms with Crippen molar-refractivity contribution in [3.8, 4) is 0 Å². The van der Waals surface area contributed by atoms with Crippen molar-refractivity contribution in [2.24, 2.45) is 0 Å². The average molecular weight is 377 g/mol. The first-order valence-electron chi connectivity index (χ1n) is 5.60. The monoisotopic (exact) mass is 376 g/mol. The van der Waals surface area contributed by atoms with Crippen LogP contribution in [0.5, 0.6) is 0 Å². The second-order valence-corrected chi connectivity index (χ2v) is 16.8. The quantitative estimate of drug-likeness (QED) is 0.458. The Bertz CT molecular complexity index is 163. The predicted octanol–water partition coefficient (Wildman–Crippen LogP) is -5.89. The molecule has 0 aromatic carbocycles. The van der Waals surface area contributed by atoms with Crippen LogP contribution in [0.1, 0.15) is 0 Å². The van der Waals surface area contributed by atoms with E-state index in [1.54, 1.807) is 26.2 Å². The van der Waals surface area contributed by atoms with Gasteiger partial charge in [0, 0.05) is 0 Å². The molecule has 0 rings (SSSR count). The van der Waals surface area contributed by atoms with E-state index >= 15 is 0 Å². The van der Waals surface area contributed by atoms with Crippen LogP contribution in [0.15, 0.2) is 0 Å². The molecule has 0 aliphatic carbocycles. The third-order valence-electron chi connectivity index (χ3n) is 1.04. The molecule has 0 bridgehead atoms. The third-order valence-corrected chi connectivity index (χ3v) is 9.35. The topological polar surface area (TPSA) is 64.6 Å². The van der Waals surface area contributed by atoms with Gasteiger partial charge in [0.1, 0.15) is 0 Å². The first-order valence-corrected chi connectivity index (χ1v) is 16.8. The number of hydrogen-bond donors (Lipinski definition) is 0. The Morgan fingerprint density at radius 1 is 0.667 bits per heavy atom. The van der Waals surface area contributed by atoms with E-state index in [1.807, 2.05) is 26.2 Å². The normalized spacial score (nSPS) is 11.3. The molecular weight excluding hydrogens is 351 g/mol. The first kappa shape index (κ1) is 29.9. The molecule has 0 N–H and O–H groups in total. The number of rotatable bonds is 4. The maximum absolute atomic E-state index is 10.9. The van der Waals surface area contributed by atoms with Gasteiger partial charge < -0.3 is 17.8 Å². The minimum Gasteiger partial charge on any atom is -0.839 e. The van der Waals surface area contributed by atoms with E-state index in [1.165, 1.54) is 0 Å².